The molecular weight excluding hydrogens is 224 g/mol. The maximum Gasteiger partial charge on any atom is 0.122 e. The Balaban J connectivity index is 1.90. The van der Waals surface area contributed by atoms with Gasteiger partial charge in [-0.25, -0.2) is 4.98 Å². The van der Waals surface area contributed by atoms with Crippen LogP contribution in [0.4, 0.5) is 0 Å². The van der Waals surface area contributed by atoms with Gasteiger partial charge < -0.3 is 10.3 Å². The van der Waals surface area contributed by atoms with Crippen molar-refractivity contribution in [2.75, 3.05) is 19.6 Å². The molecular formula is C14H26N4. The van der Waals surface area contributed by atoms with E-state index < -0.39 is 0 Å². The molecule has 1 atom stereocenters. The minimum absolute atomic E-state index is 0.359. The second kappa shape index (κ2) is 5.41. The lowest BCUT2D eigenvalue weighted by molar-refractivity contribution is 0.162. The van der Waals surface area contributed by atoms with Crippen molar-refractivity contribution in [3.63, 3.8) is 0 Å². The zero-order chi connectivity index (χ0) is 13.2. The number of imidazole rings is 1. The normalized spacial score (nSPS) is 18.7. The van der Waals surface area contributed by atoms with Gasteiger partial charge in [-0.1, -0.05) is 20.8 Å². The summed E-state index contributed by atoms with van der Waals surface area (Å²) in [6, 6.07) is 0. The van der Waals surface area contributed by atoms with Gasteiger partial charge in [-0.2, -0.15) is 0 Å². The van der Waals surface area contributed by atoms with Gasteiger partial charge in [0.25, 0.3) is 0 Å². The van der Waals surface area contributed by atoms with E-state index in [2.05, 4.69) is 41.4 Å². The van der Waals surface area contributed by atoms with Gasteiger partial charge in [-0.05, 0) is 24.3 Å². The molecule has 2 rings (SSSR count). The molecule has 0 fully saturated rings. The predicted octanol–water partition coefficient (Wildman–Crippen LogP) is 1.71. The third-order valence-electron chi connectivity index (χ3n) is 3.57. The highest BCUT2D eigenvalue weighted by molar-refractivity contribution is 4.95. The average Bonchev–Trinajstić information content (AvgIpc) is 2.73. The van der Waals surface area contributed by atoms with Crippen LogP contribution in [0.1, 0.15) is 33.0 Å². The first-order chi connectivity index (χ1) is 8.48. The van der Waals surface area contributed by atoms with Crippen molar-refractivity contribution < 1.29 is 0 Å². The molecule has 1 aliphatic rings. The fraction of sp³-hybridized carbons (Fsp3) is 0.786. The van der Waals surface area contributed by atoms with Gasteiger partial charge in [0, 0.05) is 32.0 Å². The van der Waals surface area contributed by atoms with Gasteiger partial charge in [-0.15, -0.1) is 0 Å². The first-order valence-corrected chi connectivity index (χ1v) is 6.90. The number of rotatable bonds is 4. The molecule has 0 radical (unpaired) electrons. The summed E-state index contributed by atoms with van der Waals surface area (Å²) >= 11 is 0. The predicted molar refractivity (Wildman–Crippen MR) is 74.1 cm³/mol. The van der Waals surface area contributed by atoms with E-state index >= 15 is 0 Å². The topological polar surface area (TPSA) is 47.1 Å². The maximum atomic E-state index is 5.92. The molecule has 2 N–H and O–H groups in total. The smallest absolute Gasteiger partial charge is 0.122 e. The van der Waals surface area contributed by atoms with Gasteiger partial charge in [0.1, 0.15) is 5.82 Å². The molecule has 2 heterocycles. The fourth-order valence-electron chi connectivity index (χ4n) is 2.83. The summed E-state index contributed by atoms with van der Waals surface area (Å²) in [7, 11) is 0. The Hall–Kier alpha value is -0.870. The van der Waals surface area contributed by atoms with Crippen molar-refractivity contribution in [1.29, 1.82) is 0 Å². The van der Waals surface area contributed by atoms with Crippen LogP contribution >= 0.6 is 0 Å². The molecule has 1 unspecified atom stereocenters. The Morgan fingerprint density at radius 3 is 2.83 bits per heavy atom. The van der Waals surface area contributed by atoms with Crippen LogP contribution in [0.25, 0.3) is 0 Å². The first kappa shape index (κ1) is 13.6. The molecule has 0 aliphatic carbocycles. The van der Waals surface area contributed by atoms with Crippen LogP contribution in [-0.2, 0) is 13.1 Å². The summed E-state index contributed by atoms with van der Waals surface area (Å²) in [4.78, 5) is 6.90. The van der Waals surface area contributed by atoms with Gasteiger partial charge in [0.2, 0.25) is 0 Å². The monoisotopic (exact) mass is 250 g/mol. The van der Waals surface area contributed by atoms with Crippen molar-refractivity contribution in [1.82, 2.24) is 14.5 Å². The number of hydrogen-bond acceptors (Lipinski definition) is 3. The van der Waals surface area contributed by atoms with E-state index in [1.165, 1.54) is 12.2 Å². The fourth-order valence-corrected chi connectivity index (χ4v) is 2.83. The second-order valence-corrected chi connectivity index (χ2v) is 6.64. The lowest BCUT2D eigenvalue weighted by Crippen LogP contribution is -2.39. The number of fused-ring (bicyclic) bond motifs is 1. The molecule has 4 heteroatoms. The Morgan fingerprint density at radius 1 is 1.39 bits per heavy atom. The van der Waals surface area contributed by atoms with E-state index in [1.54, 1.807) is 0 Å². The number of nitrogens with zero attached hydrogens (tertiary/aromatic N) is 3. The van der Waals surface area contributed by atoms with Crippen LogP contribution in [-0.4, -0.2) is 34.1 Å². The summed E-state index contributed by atoms with van der Waals surface area (Å²) in [6.45, 7) is 11.9. The molecule has 0 saturated carbocycles. The summed E-state index contributed by atoms with van der Waals surface area (Å²) in [5, 5.41) is 0. The Morgan fingerprint density at radius 2 is 2.17 bits per heavy atom. The van der Waals surface area contributed by atoms with Gasteiger partial charge in [0.05, 0.1) is 6.54 Å². The summed E-state index contributed by atoms with van der Waals surface area (Å²) < 4.78 is 2.25. The van der Waals surface area contributed by atoms with Gasteiger partial charge >= 0.3 is 0 Å². The summed E-state index contributed by atoms with van der Waals surface area (Å²) in [5.41, 5.74) is 6.28. The zero-order valence-corrected chi connectivity index (χ0v) is 11.9. The zero-order valence-electron chi connectivity index (χ0n) is 11.9. The van der Waals surface area contributed by atoms with Gasteiger partial charge in [0.15, 0.2) is 0 Å². The van der Waals surface area contributed by atoms with Crippen LogP contribution in [0.2, 0.25) is 0 Å². The molecule has 0 aromatic carbocycles. The van der Waals surface area contributed by atoms with Gasteiger partial charge in [-0.3, -0.25) is 4.90 Å². The summed E-state index contributed by atoms with van der Waals surface area (Å²) in [5.74, 6) is 1.78. The molecule has 0 bridgehead atoms. The highest BCUT2D eigenvalue weighted by atomic mass is 15.2. The minimum atomic E-state index is 0.359. The molecule has 0 spiro atoms. The lowest BCUT2D eigenvalue weighted by Gasteiger charge is -2.33. The van der Waals surface area contributed by atoms with Crippen molar-refractivity contribution in [3.8, 4) is 0 Å². The maximum absolute atomic E-state index is 5.92. The second-order valence-electron chi connectivity index (χ2n) is 6.64. The molecule has 1 aromatic heterocycles. The van der Waals surface area contributed by atoms with Crippen LogP contribution in [0.5, 0.6) is 0 Å². The van der Waals surface area contributed by atoms with Crippen molar-refractivity contribution in [2.45, 2.75) is 40.3 Å². The Kier molecular flexibility index (Phi) is 4.07. The lowest BCUT2D eigenvalue weighted by atomic mass is 9.84. The SMILES string of the molecule is CC(C)(C)CC(CN)CN1CCn2ccnc2C1. The number of hydrogen-bond donors (Lipinski definition) is 1. The molecule has 1 aliphatic heterocycles. The Bertz CT molecular complexity index is 377. The van der Waals surface area contributed by atoms with Crippen LogP contribution in [0.3, 0.4) is 0 Å². The standard InChI is InChI=1S/C14H26N4/c1-14(2,3)8-12(9-15)10-17-6-7-18-5-4-16-13(18)11-17/h4-5,12H,6-11,15H2,1-3H3. The number of aromatic nitrogens is 2. The van der Waals surface area contributed by atoms with E-state index in [-0.39, 0.29) is 0 Å². The molecule has 18 heavy (non-hydrogen) atoms. The van der Waals surface area contributed by atoms with E-state index in [0.29, 0.717) is 11.3 Å². The minimum Gasteiger partial charge on any atom is -0.333 e. The van der Waals surface area contributed by atoms with Crippen LogP contribution in [0.15, 0.2) is 12.4 Å². The third-order valence-corrected chi connectivity index (χ3v) is 3.57. The highest BCUT2D eigenvalue weighted by Crippen LogP contribution is 2.25. The van der Waals surface area contributed by atoms with Crippen LogP contribution < -0.4 is 5.73 Å². The third kappa shape index (κ3) is 3.56. The molecule has 0 saturated heterocycles. The molecule has 102 valence electrons. The molecule has 4 nitrogen and oxygen atoms in total. The quantitative estimate of drug-likeness (QED) is 0.885. The van der Waals surface area contributed by atoms with E-state index in [0.717, 1.165) is 32.7 Å². The van der Waals surface area contributed by atoms with Crippen LogP contribution in [0, 0.1) is 11.3 Å². The van der Waals surface area contributed by atoms with Crippen molar-refractivity contribution in [2.24, 2.45) is 17.1 Å². The van der Waals surface area contributed by atoms with Crippen molar-refractivity contribution in [3.05, 3.63) is 18.2 Å². The number of nitrogens with two attached hydrogens (primary N) is 1. The summed E-state index contributed by atoms with van der Waals surface area (Å²) in [6.07, 6.45) is 5.16. The Labute approximate surface area is 110 Å². The van der Waals surface area contributed by atoms with E-state index in [4.69, 9.17) is 5.73 Å². The highest BCUT2D eigenvalue weighted by Gasteiger charge is 2.23. The van der Waals surface area contributed by atoms with Crippen molar-refractivity contribution >= 4 is 0 Å². The molecule has 0 amide bonds. The average molecular weight is 250 g/mol. The van der Waals surface area contributed by atoms with E-state index in [1.807, 2.05) is 6.20 Å². The molecule has 1 aromatic rings. The first-order valence-electron chi connectivity index (χ1n) is 6.90. The largest absolute Gasteiger partial charge is 0.333 e. The van der Waals surface area contributed by atoms with E-state index in [9.17, 15) is 0 Å².